The SMILES string of the molecule is CC(C)CC(N)C(=O)OC1CCC(OC(=O)C(O)CC(C)C)CC1. The number of aliphatic hydroxyl groups excluding tert-OH is 1. The van der Waals surface area contributed by atoms with Gasteiger partial charge in [-0.05, 0) is 50.4 Å². The van der Waals surface area contributed by atoms with Gasteiger partial charge in [-0.15, -0.1) is 0 Å². The number of rotatable bonds is 8. The maximum absolute atomic E-state index is 11.9. The molecule has 0 amide bonds. The van der Waals surface area contributed by atoms with Crippen molar-refractivity contribution < 1.29 is 24.2 Å². The highest BCUT2D eigenvalue weighted by Gasteiger charge is 2.29. The van der Waals surface area contributed by atoms with Gasteiger partial charge in [0.25, 0.3) is 0 Å². The molecular formula is C18H33NO5. The molecule has 140 valence electrons. The third kappa shape index (κ3) is 7.62. The lowest BCUT2D eigenvalue weighted by molar-refractivity contribution is -0.165. The second-order valence-electron chi connectivity index (χ2n) is 7.65. The first-order valence-electron chi connectivity index (χ1n) is 9.03. The Morgan fingerprint density at radius 3 is 1.75 bits per heavy atom. The minimum atomic E-state index is -1.06. The molecule has 6 nitrogen and oxygen atoms in total. The Hall–Kier alpha value is -1.14. The van der Waals surface area contributed by atoms with E-state index in [1.54, 1.807) is 0 Å². The predicted molar refractivity (Wildman–Crippen MR) is 91.1 cm³/mol. The average molecular weight is 343 g/mol. The van der Waals surface area contributed by atoms with Crippen molar-refractivity contribution in [3.8, 4) is 0 Å². The zero-order chi connectivity index (χ0) is 18.3. The standard InChI is InChI=1S/C18H33NO5/c1-11(2)9-15(19)17(21)23-13-5-7-14(8-6-13)24-18(22)16(20)10-12(3)4/h11-16,20H,5-10,19H2,1-4H3. The van der Waals surface area contributed by atoms with Gasteiger partial charge >= 0.3 is 11.9 Å². The van der Waals surface area contributed by atoms with Crippen LogP contribution in [-0.4, -0.2) is 41.4 Å². The zero-order valence-electron chi connectivity index (χ0n) is 15.4. The molecule has 6 heteroatoms. The highest BCUT2D eigenvalue weighted by Crippen LogP contribution is 2.25. The second-order valence-corrected chi connectivity index (χ2v) is 7.65. The summed E-state index contributed by atoms with van der Waals surface area (Å²) < 4.78 is 10.8. The summed E-state index contributed by atoms with van der Waals surface area (Å²) in [7, 11) is 0. The van der Waals surface area contributed by atoms with Crippen LogP contribution >= 0.6 is 0 Å². The van der Waals surface area contributed by atoms with E-state index in [4.69, 9.17) is 15.2 Å². The molecule has 0 radical (unpaired) electrons. The Morgan fingerprint density at radius 1 is 0.917 bits per heavy atom. The van der Waals surface area contributed by atoms with Gasteiger partial charge < -0.3 is 20.3 Å². The van der Waals surface area contributed by atoms with Gasteiger partial charge in [0, 0.05) is 0 Å². The number of nitrogens with two attached hydrogens (primary N) is 1. The Labute approximate surface area is 145 Å². The first-order chi connectivity index (χ1) is 11.2. The van der Waals surface area contributed by atoms with Crippen LogP contribution in [0.25, 0.3) is 0 Å². The summed E-state index contributed by atoms with van der Waals surface area (Å²) in [6, 6.07) is -0.577. The number of aliphatic hydroxyl groups is 1. The summed E-state index contributed by atoms with van der Waals surface area (Å²) in [5.74, 6) is -0.322. The van der Waals surface area contributed by atoms with Gasteiger partial charge in [-0.25, -0.2) is 4.79 Å². The molecule has 24 heavy (non-hydrogen) atoms. The van der Waals surface area contributed by atoms with Gasteiger partial charge in [0.2, 0.25) is 0 Å². The van der Waals surface area contributed by atoms with Crippen LogP contribution in [0.5, 0.6) is 0 Å². The molecule has 1 aliphatic carbocycles. The summed E-state index contributed by atoms with van der Waals surface area (Å²) in [6.07, 6.45) is 2.16. The maximum Gasteiger partial charge on any atom is 0.335 e. The third-order valence-electron chi connectivity index (χ3n) is 4.18. The van der Waals surface area contributed by atoms with Crippen LogP contribution < -0.4 is 5.73 Å². The summed E-state index contributed by atoms with van der Waals surface area (Å²) in [4.78, 5) is 23.8. The number of hydrogen-bond donors (Lipinski definition) is 2. The lowest BCUT2D eigenvalue weighted by Gasteiger charge is -2.29. The smallest absolute Gasteiger partial charge is 0.335 e. The van der Waals surface area contributed by atoms with Crippen molar-refractivity contribution in [3.05, 3.63) is 0 Å². The molecule has 0 spiro atoms. The van der Waals surface area contributed by atoms with Crippen LogP contribution in [0.3, 0.4) is 0 Å². The van der Waals surface area contributed by atoms with Crippen molar-refractivity contribution in [2.45, 2.75) is 90.6 Å². The summed E-state index contributed by atoms with van der Waals surface area (Å²) in [5.41, 5.74) is 5.83. The van der Waals surface area contributed by atoms with Gasteiger partial charge in [0.15, 0.2) is 6.10 Å². The quantitative estimate of drug-likeness (QED) is 0.655. The zero-order valence-corrected chi connectivity index (χ0v) is 15.4. The molecule has 0 aliphatic heterocycles. The Kier molecular flexibility index (Phi) is 8.70. The van der Waals surface area contributed by atoms with Crippen LogP contribution in [0.15, 0.2) is 0 Å². The fraction of sp³-hybridized carbons (Fsp3) is 0.889. The Balaban J connectivity index is 2.31. The monoisotopic (exact) mass is 343 g/mol. The first kappa shape index (κ1) is 20.9. The summed E-state index contributed by atoms with van der Waals surface area (Å²) >= 11 is 0. The molecule has 0 saturated heterocycles. The van der Waals surface area contributed by atoms with E-state index in [-0.39, 0.29) is 24.1 Å². The van der Waals surface area contributed by atoms with Crippen molar-refractivity contribution in [2.24, 2.45) is 17.6 Å². The van der Waals surface area contributed by atoms with Crippen molar-refractivity contribution in [1.82, 2.24) is 0 Å². The number of ether oxygens (including phenoxy) is 2. The molecule has 1 aliphatic rings. The Morgan fingerprint density at radius 2 is 1.33 bits per heavy atom. The van der Waals surface area contributed by atoms with Crippen molar-refractivity contribution in [1.29, 1.82) is 0 Å². The average Bonchev–Trinajstić information content (AvgIpc) is 2.47. The number of carbonyl (C=O) groups excluding carboxylic acids is 2. The molecule has 1 saturated carbocycles. The predicted octanol–water partition coefficient (Wildman–Crippen LogP) is 2.16. The van der Waals surface area contributed by atoms with Crippen molar-refractivity contribution in [2.75, 3.05) is 0 Å². The van der Waals surface area contributed by atoms with Crippen LogP contribution in [-0.2, 0) is 19.1 Å². The van der Waals surface area contributed by atoms with Gasteiger partial charge in [0.1, 0.15) is 18.2 Å². The molecule has 0 bridgehead atoms. The van der Waals surface area contributed by atoms with Crippen LogP contribution in [0.2, 0.25) is 0 Å². The molecule has 2 atom stereocenters. The lowest BCUT2D eigenvalue weighted by atomic mass is 9.94. The van der Waals surface area contributed by atoms with E-state index in [1.807, 2.05) is 27.7 Å². The van der Waals surface area contributed by atoms with E-state index >= 15 is 0 Å². The van der Waals surface area contributed by atoms with Crippen LogP contribution in [0, 0.1) is 11.8 Å². The Bertz CT molecular complexity index is 364. The highest BCUT2D eigenvalue weighted by atomic mass is 16.6. The van der Waals surface area contributed by atoms with Crippen molar-refractivity contribution in [3.63, 3.8) is 0 Å². The normalized spacial score (nSPS) is 23.8. The number of esters is 2. The summed E-state index contributed by atoms with van der Waals surface area (Å²) in [5, 5.41) is 9.76. The molecule has 2 unspecified atom stereocenters. The van der Waals surface area contributed by atoms with Crippen LogP contribution in [0.1, 0.15) is 66.2 Å². The number of hydrogen-bond acceptors (Lipinski definition) is 6. The van der Waals surface area contributed by atoms with Crippen molar-refractivity contribution >= 4 is 11.9 Å². The van der Waals surface area contributed by atoms with E-state index in [9.17, 15) is 14.7 Å². The lowest BCUT2D eigenvalue weighted by Crippen LogP contribution is -2.38. The molecule has 3 N–H and O–H groups in total. The largest absolute Gasteiger partial charge is 0.461 e. The topological polar surface area (TPSA) is 98.9 Å². The van der Waals surface area contributed by atoms with E-state index < -0.39 is 18.1 Å². The molecular weight excluding hydrogens is 310 g/mol. The second kappa shape index (κ2) is 9.99. The van der Waals surface area contributed by atoms with Gasteiger partial charge in [-0.2, -0.15) is 0 Å². The van der Waals surface area contributed by atoms with E-state index in [2.05, 4.69) is 0 Å². The fourth-order valence-electron chi connectivity index (χ4n) is 2.91. The molecule has 0 heterocycles. The molecule has 0 aromatic heterocycles. The van der Waals surface area contributed by atoms with Gasteiger partial charge in [0.05, 0.1) is 0 Å². The van der Waals surface area contributed by atoms with Crippen LogP contribution in [0.4, 0.5) is 0 Å². The van der Waals surface area contributed by atoms with Gasteiger partial charge in [-0.1, -0.05) is 27.7 Å². The van der Waals surface area contributed by atoms with E-state index in [1.165, 1.54) is 0 Å². The van der Waals surface area contributed by atoms with Gasteiger partial charge in [-0.3, -0.25) is 4.79 Å². The first-order valence-corrected chi connectivity index (χ1v) is 9.03. The molecule has 1 rings (SSSR count). The third-order valence-corrected chi connectivity index (χ3v) is 4.18. The van der Waals surface area contributed by atoms with E-state index in [0.717, 1.165) is 0 Å². The minimum Gasteiger partial charge on any atom is -0.461 e. The fourth-order valence-corrected chi connectivity index (χ4v) is 2.91. The summed E-state index contributed by atoms with van der Waals surface area (Å²) in [6.45, 7) is 7.92. The minimum absolute atomic E-state index is 0.161. The molecule has 0 aromatic rings. The maximum atomic E-state index is 11.9. The number of carbonyl (C=O) groups is 2. The highest BCUT2D eigenvalue weighted by molar-refractivity contribution is 5.75. The molecule has 0 aromatic carbocycles. The van der Waals surface area contributed by atoms with E-state index in [0.29, 0.717) is 44.4 Å². The molecule has 1 fully saturated rings.